The Morgan fingerprint density at radius 2 is 1.89 bits per heavy atom. The molecule has 1 aliphatic rings. The summed E-state index contributed by atoms with van der Waals surface area (Å²) >= 11 is 0. The van der Waals surface area contributed by atoms with Gasteiger partial charge in [0.15, 0.2) is 0 Å². The molecule has 0 aromatic carbocycles. The Kier molecular flexibility index (Phi) is 6.54. The molecule has 0 unspecified atom stereocenters. The molecule has 0 N–H and O–H groups in total. The van der Waals surface area contributed by atoms with Crippen LogP contribution in [0.4, 0.5) is 4.79 Å². The summed E-state index contributed by atoms with van der Waals surface area (Å²) in [7, 11) is 1.62. The van der Waals surface area contributed by atoms with Crippen LogP contribution in [0.2, 0.25) is 0 Å². The Morgan fingerprint density at radius 3 is 2.50 bits per heavy atom. The summed E-state index contributed by atoms with van der Waals surface area (Å²) in [5.41, 5.74) is 0. The van der Waals surface area contributed by atoms with Crippen LogP contribution in [-0.2, 0) is 14.3 Å². The third-order valence-electron chi connectivity index (χ3n) is 3.08. The number of esters is 1. The average Bonchev–Trinajstić information content (AvgIpc) is 2.37. The lowest BCUT2D eigenvalue weighted by molar-refractivity contribution is -0.150. The minimum Gasteiger partial charge on any atom is -0.462 e. The van der Waals surface area contributed by atoms with Crippen molar-refractivity contribution in [3.05, 3.63) is 0 Å². The van der Waals surface area contributed by atoms with E-state index in [1.54, 1.807) is 14.0 Å². The van der Waals surface area contributed by atoms with Gasteiger partial charge in [-0.25, -0.2) is 4.79 Å². The van der Waals surface area contributed by atoms with Gasteiger partial charge < -0.3 is 14.4 Å². The van der Waals surface area contributed by atoms with E-state index < -0.39 is 6.09 Å². The molecule has 0 bridgehead atoms. The number of hydrogen-bond acceptors (Lipinski definition) is 4. The normalized spacial score (nSPS) is 16.1. The number of rotatable bonds is 5. The standard InChI is InChI=1S/C13H23NO4/c1-3-17-13(16)14(2)10-9-12(15)18-11-7-5-4-6-8-11/h11H,3-10H2,1-2H3. The molecule has 104 valence electrons. The highest BCUT2D eigenvalue weighted by atomic mass is 16.6. The van der Waals surface area contributed by atoms with Crippen LogP contribution >= 0.6 is 0 Å². The van der Waals surface area contributed by atoms with E-state index in [9.17, 15) is 9.59 Å². The fourth-order valence-corrected chi connectivity index (χ4v) is 2.01. The molecule has 1 aliphatic carbocycles. The zero-order chi connectivity index (χ0) is 13.4. The second-order valence-electron chi connectivity index (χ2n) is 4.62. The lowest BCUT2D eigenvalue weighted by Crippen LogP contribution is -2.31. The van der Waals surface area contributed by atoms with Crippen molar-refractivity contribution < 1.29 is 19.1 Å². The molecule has 1 fully saturated rings. The Morgan fingerprint density at radius 1 is 1.22 bits per heavy atom. The fraction of sp³-hybridized carbons (Fsp3) is 0.846. The number of ether oxygens (including phenoxy) is 2. The van der Waals surface area contributed by atoms with Gasteiger partial charge in [-0.1, -0.05) is 6.42 Å². The SMILES string of the molecule is CCOC(=O)N(C)CCC(=O)OC1CCCCC1. The van der Waals surface area contributed by atoms with Gasteiger partial charge in [-0.05, 0) is 32.6 Å². The van der Waals surface area contributed by atoms with Gasteiger partial charge in [-0.3, -0.25) is 4.79 Å². The fourth-order valence-electron chi connectivity index (χ4n) is 2.01. The first kappa shape index (κ1) is 14.8. The molecule has 5 heteroatoms. The molecule has 0 radical (unpaired) electrons. The quantitative estimate of drug-likeness (QED) is 0.709. The molecule has 1 amide bonds. The molecule has 0 aliphatic heterocycles. The van der Waals surface area contributed by atoms with Crippen LogP contribution in [0.5, 0.6) is 0 Å². The maximum Gasteiger partial charge on any atom is 0.409 e. The maximum atomic E-state index is 11.6. The Bertz CT molecular complexity index is 274. The van der Waals surface area contributed by atoms with Crippen LogP contribution in [0.1, 0.15) is 45.4 Å². The van der Waals surface area contributed by atoms with E-state index in [4.69, 9.17) is 9.47 Å². The highest BCUT2D eigenvalue weighted by Crippen LogP contribution is 2.20. The first-order chi connectivity index (χ1) is 8.63. The smallest absolute Gasteiger partial charge is 0.409 e. The molecular formula is C13H23NO4. The number of carbonyl (C=O) groups excluding carboxylic acids is 2. The van der Waals surface area contributed by atoms with E-state index in [2.05, 4.69) is 0 Å². The zero-order valence-electron chi connectivity index (χ0n) is 11.3. The van der Waals surface area contributed by atoms with Gasteiger partial charge in [0, 0.05) is 13.6 Å². The third-order valence-corrected chi connectivity index (χ3v) is 3.08. The van der Waals surface area contributed by atoms with Crippen LogP contribution in [0.25, 0.3) is 0 Å². The summed E-state index contributed by atoms with van der Waals surface area (Å²) in [4.78, 5) is 24.3. The minimum absolute atomic E-state index is 0.0825. The molecule has 1 rings (SSSR count). The lowest BCUT2D eigenvalue weighted by atomic mass is 9.98. The summed E-state index contributed by atoms with van der Waals surface area (Å²) in [5, 5.41) is 0. The molecule has 18 heavy (non-hydrogen) atoms. The molecule has 1 saturated carbocycles. The predicted molar refractivity (Wildman–Crippen MR) is 67.2 cm³/mol. The van der Waals surface area contributed by atoms with Crippen LogP contribution < -0.4 is 0 Å². The van der Waals surface area contributed by atoms with E-state index in [0.29, 0.717) is 13.2 Å². The number of nitrogens with zero attached hydrogens (tertiary/aromatic N) is 1. The zero-order valence-corrected chi connectivity index (χ0v) is 11.3. The minimum atomic E-state index is -0.400. The van der Waals surface area contributed by atoms with Gasteiger partial charge in [-0.2, -0.15) is 0 Å². The topological polar surface area (TPSA) is 55.8 Å². The molecule has 0 aromatic heterocycles. The average molecular weight is 257 g/mol. The second-order valence-corrected chi connectivity index (χ2v) is 4.62. The van der Waals surface area contributed by atoms with Crippen LogP contribution in [-0.4, -0.2) is 43.3 Å². The molecule has 5 nitrogen and oxygen atoms in total. The van der Waals surface area contributed by atoms with Crippen molar-refractivity contribution in [2.45, 2.75) is 51.6 Å². The van der Waals surface area contributed by atoms with Crippen molar-refractivity contribution >= 4 is 12.1 Å². The highest BCUT2D eigenvalue weighted by molar-refractivity contribution is 5.71. The van der Waals surface area contributed by atoms with Crippen molar-refractivity contribution in [1.82, 2.24) is 4.90 Å². The first-order valence-corrected chi connectivity index (χ1v) is 6.71. The molecule has 0 heterocycles. The van der Waals surface area contributed by atoms with E-state index in [0.717, 1.165) is 25.7 Å². The number of amides is 1. The number of carbonyl (C=O) groups is 2. The van der Waals surface area contributed by atoms with Crippen molar-refractivity contribution in [2.75, 3.05) is 20.2 Å². The summed E-state index contributed by atoms with van der Waals surface area (Å²) in [6.45, 7) is 2.43. The summed E-state index contributed by atoms with van der Waals surface area (Å²) in [6.07, 6.45) is 5.37. The number of hydrogen-bond donors (Lipinski definition) is 0. The summed E-state index contributed by atoms with van der Waals surface area (Å²) in [5.74, 6) is -0.224. The van der Waals surface area contributed by atoms with E-state index in [1.165, 1.54) is 11.3 Å². The van der Waals surface area contributed by atoms with Gasteiger partial charge in [0.2, 0.25) is 0 Å². The monoisotopic (exact) mass is 257 g/mol. The van der Waals surface area contributed by atoms with Crippen LogP contribution in [0, 0.1) is 0 Å². The van der Waals surface area contributed by atoms with E-state index in [-0.39, 0.29) is 18.5 Å². The largest absolute Gasteiger partial charge is 0.462 e. The van der Waals surface area contributed by atoms with Crippen molar-refractivity contribution in [3.8, 4) is 0 Å². The Labute approximate surface area is 108 Å². The van der Waals surface area contributed by atoms with Gasteiger partial charge in [-0.15, -0.1) is 0 Å². The first-order valence-electron chi connectivity index (χ1n) is 6.71. The highest BCUT2D eigenvalue weighted by Gasteiger charge is 2.18. The molecule has 0 aromatic rings. The van der Waals surface area contributed by atoms with Crippen molar-refractivity contribution in [2.24, 2.45) is 0 Å². The van der Waals surface area contributed by atoms with Gasteiger partial charge >= 0.3 is 12.1 Å². The molecule has 0 saturated heterocycles. The van der Waals surface area contributed by atoms with Crippen molar-refractivity contribution in [3.63, 3.8) is 0 Å². The third kappa shape index (κ3) is 5.38. The van der Waals surface area contributed by atoms with Gasteiger partial charge in [0.25, 0.3) is 0 Å². The van der Waals surface area contributed by atoms with Crippen LogP contribution in [0.3, 0.4) is 0 Å². The molecule has 0 atom stereocenters. The predicted octanol–water partition coefficient (Wildman–Crippen LogP) is 2.34. The van der Waals surface area contributed by atoms with Crippen molar-refractivity contribution in [1.29, 1.82) is 0 Å². The maximum absolute atomic E-state index is 11.6. The van der Waals surface area contributed by atoms with Gasteiger partial charge in [0.05, 0.1) is 13.0 Å². The Balaban J connectivity index is 2.17. The second kappa shape index (κ2) is 7.95. The Hall–Kier alpha value is -1.26. The molecular weight excluding hydrogens is 234 g/mol. The van der Waals surface area contributed by atoms with E-state index in [1.807, 2.05) is 0 Å². The molecule has 0 spiro atoms. The lowest BCUT2D eigenvalue weighted by Gasteiger charge is -2.22. The van der Waals surface area contributed by atoms with Crippen LogP contribution in [0.15, 0.2) is 0 Å². The van der Waals surface area contributed by atoms with Gasteiger partial charge in [0.1, 0.15) is 6.10 Å². The van der Waals surface area contributed by atoms with E-state index >= 15 is 0 Å². The summed E-state index contributed by atoms with van der Waals surface area (Å²) < 4.78 is 10.2. The summed E-state index contributed by atoms with van der Waals surface area (Å²) in [6, 6.07) is 0.